The molecule has 9 heteroatoms. The number of alkyl halides is 3. The van der Waals surface area contributed by atoms with Crippen LogP contribution in [0.5, 0.6) is 0 Å². The van der Waals surface area contributed by atoms with Crippen molar-refractivity contribution in [2.45, 2.75) is 32.0 Å². The molecule has 0 aliphatic heterocycles. The van der Waals surface area contributed by atoms with Crippen molar-refractivity contribution in [2.24, 2.45) is 0 Å². The molecular weight excluding hydrogens is 275 g/mol. The SMILES string of the molecule is CCS(=O)(=O)CCCNC(C)(C(=O)O)C(F)(F)F. The van der Waals surface area contributed by atoms with Gasteiger partial charge in [-0.25, -0.2) is 13.2 Å². The number of carbonyl (C=O) groups is 1. The van der Waals surface area contributed by atoms with Crippen LogP contribution in [0, 0.1) is 0 Å². The van der Waals surface area contributed by atoms with Crippen molar-refractivity contribution in [3.05, 3.63) is 0 Å². The minimum atomic E-state index is -4.96. The maximum atomic E-state index is 12.5. The molecule has 18 heavy (non-hydrogen) atoms. The molecule has 0 fully saturated rings. The molecule has 0 saturated heterocycles. The summed E-state index contributed by atoms with van der Waals surface area (Å²) in [6.45, 7) is 1.59. The minimum Gasteiger partial charge on any atom is -0.480 e. The first kappa shape index (κ1) is 17.2. The molecule has 5 nitrogen and oxygen atoms in total. The Kier molecular flexibility index (Phi) is 5.60. The van der Waals surface area contributed by atoms with Crippen LogP contribution in [0.1, 0.15) is 20.3 Å². The third kappa shape index (κ3) is 4.45. The smallest absolute Gasteiger partial charge is 0.417 e. The number of aliphatic carboxylic acids is 1. The molecule has 1 atom stereocenters. The molecule has 0 amide bonds. The molecule has 0 aliphatic rings. The Bertz CT molecular complexity index is 393. The Labute approximate surface area is 103 Å². The molecule has 0 aliphatic carbocycles. The molecule has 0 rings (SSSR count). The van der Waals surface area contributed by atoms with Crippen molar-refractivity contribution < 1.29 is 31.5 Å². The van der Waals surface area contributed by atoms with E-state index in [1.165, 1.54) is 6.92 Å². The van der Waals surface area contributed by atoms with Gasteiger partial charge in [0.15, 0.2) is 0 Å². The molecule has 0 aromatic heterocycles. The average molecular weight is 291 g/mol. The standard InChI is InChI=1S/C9H16F3NO4S/c1-3-18(16,17)6-4-5-13-8(2,7(14)15)9(10,11)12/h13H,3-6H2,1-2H3,(H,14,15). The first-order valence-corrected chi connectivity index (χ1v) is 7.04. The summed E-state index contributed by atoms with van der Waals surface area (Å²) in [7, 11) is -3.26. The Morgan fingerprint density at radius 3 is 2.17 bits per heavy atom. The third-order valence-electron chi connectivity index (χ3n) is 2.55. The van der Waals surface area contributed by atoms with Crippen molar-refractivity contribution in [1.82, 2.24) is 5.32 Å². The summed E-state index contributed by atoms with van der Waals surface area (Å²) in [6, 6.07) is 0. The van der Waals surface area contributed by atoms with E-state index in [1.807, 2.05) is 5.32 Å². The number of nitrogens with one attached hydrogen (secondary N) is 1. The van der Waals surface area contributed by atoms with Gasteiger partial charge in [0, 0.05) is 5.75 Å². The maximum absolute atomic E-state index is 12.5. The Morgan fingerprint density at radius 2 is 1.83 bits per heavy atom. The predicted molar refractivity (Wildman–Crippen MR) is 59.0 cm³/mol. The van der Waals surface area contributed by atoms with Gasteiger partial charge in [0.25, 0.3) is 0 Å². The van der Waals surface area contributed by atoms with E-state index in [0.717, 1.165) is 0 Å². The van der Waals surface area contributed by atoms with E-state index in [9.17, 15) is 26.4 Å². The second-order valence-electron chi connectivity index (χ2n) is 3.94. The predicted octanol–water partition coefficient (Wildman–Crippen LogP) is 0.806. The van der Waals surface area contributed by atoms with Gasteiger partial charge in [0.05, 0.1) is 5.75 Å². The molecule has 108 valence electrons. The zero-order valence-electron chi connectivity index (χ0n) is 10.0. The van der Waals surface area contributed by atoms with Crippen LogP contribution in [0.3, 0.4) is 0 Å². The largest absolute Gasteiger partial charge is 0.480 e. The second kappa shape index (κ2) is 5.87. The van der Waals surface area contributed by atoms with E-state index in [-0.39, 0.29) is 24.5 Å². The van der Waals surface area contributed by atoms with Crippen molar-refractivity contribution in [3.8, 4) is 0 Å². The van der Waals surface area contributed by atoms with Gasteiger partial charge in [-0.2, -0.15) is 13.2 Å². The fourth-order valence-corrected chi connectivity index (χ4v) is 1.94. The summed E-state index contributed by atoms with van der Waals surface area (Å²) in [6.07, 6.45) is -5.03. The van der Waals surface area contributed by atoms with E-state index in [1.54, 1.807) is 0 Å². The van der Waals surface area contributed by atoms with Gasteiger partial charge >= 0.3 is 12.1 Å². The zero-order chi connectivity index (χ0) is 14.6. The van der Waals surface area contributed by atoms with E-state index < -0.39 is 27.5 Å². The Morgan fingerprint density at radius 1 is 1.33 bits per heavy atom. The fraction of sp³-hybridized carbons (Fsp3) is 0.889. The second-order valence-corrected chi connectivity index (χ2v) is 6.42. The molecule has 0 spiro atoms. The Balaban J connectivity index is 4.46. The number of carboxylic acids is 1. The highest BCUT2D eigenvalue weighted by atomic mass is 32.2. The lowest BCUT2D eigenvalue weighted by Crippen LogP contribution is -2.60. The van der Waals surface area contributed by atoms with Crippen LogP contribution in [0.4, 0.5) is 13.2 Å². The summed E-state index contributed by atoms with van der Waals surface area (Å²) in [5, 5.41) is 10.4. The van der Waals surface area contributed by atoms with Crippen LogP contribution in [-0.4, -0.2) is 49.3 Å². The first-order chi connectivity index (χ1) is 7.96. The van der Waals surface area contributed by atoms with Gasteiger partial charge in [-0.15, -0.1) is 0 Å². The lowest BCUT2D eigenvalue weighted by atomic mass is 10.0. The quantitative estimate of drug-likeness (QED) is 0.678. The van der Waals surface area contributed by atoms with Crippen LogP contribution in [-0.2, 0) is 14.6 Å². The molecule has 2 N–H and O–H groups in total. The van der Waals surface area contributed by atoms with Crippen molar-refractivity contribution in [2.75, 3.05) is 18.1 Å². The summed E-state index contributed by atoms with van der Waals surface area (Å²) in [4.78, 5) is 10.6. The maximum Gasteiger partial charge on any atom is 0.417 e. The van der Waals surface area contributed by atoms with E-state index in [2.05, 4.69) is 0 Å². The highest BCUT2D eigenvalue weighted by molar-refractivity contribution is 7.91. The summed E-state index contributed by atoms with van der Waals surface area (Å²) in [5.41, 5.74) is -3.07. The molecule has 1 unspecified atom stereocenters. The number of hydrogen-bond acceptors (Lipinski definition) is 4. The van der Waals surface area contributed by atoms with E-state index in [0.29, 0.717) is 6.92 Å². The lowest BCUT2D eigenvalue weighted by Gasteiger charge is -2.28. The fourth-order valence-electron chi connectivity index (χ4n) is 1.07. The first-order valence-electron chi connectivity index (χ1n) is 5.22. The molecular formula is C9H16F3NO4S. The molecule has 0 saturated carbocycles. The summed E-state index contributed by atoms with van der Waals surface area (Å²) in [5.74, 6) is -2.42. The normalized spacial score (nSPS) is 16.3. The molecule has 0 aromatic rings. The Hall–Kier alpha value is -0.830. The molecule has 0 aromatic carbocycles. The minimum absolute atomic E-state index is 0.0743. The van der Waals surface area contributed by atoms with Crippen molar-refractivity contribution in [3.63, 3.8) is 0 Å². The van der Waals surface area contributed by atoms with Gasteiger partial charge in [0.2, 0.25) is 5.54 Å². The van der Waals surface area contributed by atoms with Gasteiger partial charge in [-0.3, -0.25) is 5.32 Å². The van der Waals surface area contributed by atoms with Crippen LogP contribution in [0.25, 0.3) is 0 Å². The van der Waals surface area contributed by atoms with Crippen molar-refractivity contribution in [1.29, 1.82) is 0 Å². The number of rotatable bonds is 7. The van der Waals surface area contributed by atoms with Crippen LogP contribution < -0.4 is 5.32 Å². The molecule has 0 bridgehead atoms. The van der Waals surface area contributed by atoms with Gasteiger partial charge in [0.1, 0.15) is 9.84 Å². The highest BCUT2D eigenvalue weighted by Gasteiger charge is 2.56. The van der Waals surface area contributed by atoms with Crippen LogP contribution in [0.2, 0.25) is 0 Å². The highest BCUT2D eigenvalue weighted by Crippen LogP contribution is 2.30. The lowest BCUT2D eigenvalue weighted by molar-refractivity contribution is -0.205. The number of hydrogen-bond donors (Lipinski definition) is 2. The third-order valence-corrected chi connectivity index (χ3v) is 4.34. The summed E-state index contributed by atoms with van der Waals surface area (Å²) < 4.78 is 59.7. The average Bonchev–Trinajstić information content (AvgIpc) is 2.22. The number of halogens is 3. The summed E-state index contributed by atoms with van der Waals surface area (Å²) >= 11 is 0. The van der Waals surface area contributed by atoms with Gasteiger partial charge in [-0.05, 0) is 19.9 Å². The van der Waals surface area contributed by atoms with Gasteiger partial charge < -0.3 is 5.11 Å². The number of carboxylic acid groups (broad SMARTS) is 1. The topological polar surface area (TPSA) is 83.5 Å². The monoisotopic (exact) mass is 291 g/mol. The van der Waals surface area contributed by atoms with E-state index in [4.69, 9.17) is 5.11 Å². The molecule has 0 radical (unpaired) electrons. The van der Waals surface area contributed by atoms with Crippen LogP contribution in [0.15, 0.2) is 0 Å². The van der Waals surface area contributed by atoms with E-state index >= 15 is 0 Å². The molecule has 0 heterocycles. The zero-order valence-corrected chi connectivity index (χ0v) is 10.9. The number of sulfone groups is 1. The van der Waals surface area contributed by atoms with Crippen LogP contribution >= 0.6 is 0 Å². The van der Waals surface area contributed by atoms with Crippen molar-refractivity contribution >= 4 is 15.8 Å². The van der Waals surface area contributed by atoms with Gasteiger partial charge in [-0.1, -0.05) is 6.92 Å².